The molecular weight excluding hydrogens is 427 g/mol. The number of ether oxygens (including phenoxy) is 1. The number of nitrogens with zero attached hydrogens (tertiary/aromatic N) is 1. The lowest BCUT2D eigenvalue weighted by Gasteiger charge is -2.25. The molecule has 1 saturated heterocycles. The third kappa shape index (κ3) is 7.54. The SMILES string of the molecule is CNC(=O)N1CCCCC1.O=C(NCc1cc2cc(OC(F)(F)F)ccc2[nH]1)NC1CC1. The van der Waals surface area contributed by atoms with Crippen LogP contribution < -0.4 is 20.7 Å². The highest BCUT2D eigenvalue weighted by molar-refractivity contribution is 5.82. The van der Waals surface area contributed by atoms with Gasteiger partial charge < -0.3 is 30.6 Å². The van der Waals surface area contributed by atoms with E-state index in [2.05, 4.69) is 25.7 Å². The maximum Gasteiger partial charge on any atom is 0.573 e. The number of alkyl halides is 3. The molecule has 1 aliphatic heterocycles. The van der Waals surface area contributed by atoms with E-state index in [1.807, 2.05) is 4.90 Å². The number of carbonyl (C=O) groups is 2. The van der Waals surface area contributed by atoms with Gasteiger partial charge in [0.25, 0.3) is 0 Å². The van der Waals surface area contributed by atoms with Crippen LogP contribution in [0.2, 0.25) is 0 Å². The summed E-state index contributed by atoms with van der Waals surface area (Å²) in [4.78, 5) is 27.4. The van der Waals surface area contributed by atoms with Crippen LogP contribution in [0, 0.1) is 0 Å². The molecule has 0 atom stereocenters. The third-order valence-corrected chi connectivity index (χ3v) is 5.09. The van der Waals surface area contributed by atoms with Crippen molar-refractivity contribution in [2.45, 2.75) is 51.1 Å². The minimum atomic E-state index is -4.71. The number of urea groups is 2. The van der Waals surface area contributed by atoms with Crippen LogP contribution in [-0.2, 0) is 6.54 Å². The lowest BCUT2D eigenvalue weighted by Crippen LogP contribution is -2.41. The molecule has 2 aromatic rings. The summed E-state index contributed by atoms with van der Waals surface area (Å²) in [6.45, 7) is 2.13. The predicted molar refractivity (Wildman–Crippen MR) is 113 cm³/mol. The maximum absolute atomic E-state index is 12.2. The number of fused-ring (bicyclic) bond motifs is 1. The van der Waals surface area contributed by atoms with Gasteiger partial charge in [-0.1, -0.05) is 0 Å². The van der Waals surface area contributed by atoms with Crippen molar-refractivity contribution in [3.8, 4) is 5.75 Å². The largest absolute Gasteiger partial charge is 0.573 e. The monoisotopic (exact) mass is 455 g/mol. The Bertz CT molecular complexity index is 921. The lowest BCUT2D eigenvalue weighted by atomic mass is 10.1. The Morgan fingerprint density at radius 2 is 1.88 bits per heavy atom. The van der Waals surface area contributed by atoms with E-state index in [0.29, 0.717) is 16.6 Å². The average Bonchev–Trinajstić information content (AvgIpc) is 3.47. The highest BCUT2D eigenvalue weighted by atomic mass is 19.4. The summed E-state index contributed by atoms with van der Waals surface area (Å²) in [5.74, 6) is -0.273. The van der Waals surface area contributed by atoms with Gasteiger partial charge in [-0.15, -0.1) is 13.2 Å². The van der Waals surface area contributed by atoms with Gasteiger partial charge in [-0.3, -0.25) is 0 Å². The van der Waals surface area contributed by atoms with Crippen molar-refractivity contribution < 1.29 is 27.5 Å². The van der Waals surface area contributed by atoms with E-state index in [9.17, 15) is 22.8 Å². The molecule has 2 fully saturated rings. The van der Waals surface area contributed by atoms with Gasteiger partial charge in [0.15, 0.2) is 0 Å². The summed E-state index contributed by atoms with van der Waals surface area (Å²) in [5, 5.41) is 8.68. The van der Waals surface area contributed by atoms with Crippen molar-refractivity contribution in [2.24, 2.45) is 0 Å². The van der Waals surface area contributed by atoms with E-state index in [4.69, 9.17) is 0 Å². The summed E-state index contributed by atoms with van der Waals surface area (Å²) in [6.07, 6.45) is 0.882. The molecule has 1 saturated carbocycles. The number of halogens is 3. The number of piperidine rings is 1. The molecule has 2 aliphatic rings. The summed E-state index contributed by atoms with van der Waals surface area (Å²) < 4.78 is 40.4. The first kappa shape index (κ1) is 23.6. The molecule has 0 unspecified atom stereocenters. The average molecular weight is 455 g/mol. The zero-order chi connectivity index (χ0) is 23.1. The van der Waals surface area contributed by atoms with Crippen molar-refractivity contribution >= 4 is 23.0 Å². The van der Waals surface area contributed by atoms with Crippen molar-refractivity contribution in [3.05, 3.63) is 30.0 Å². The number of rotatable bonds is 4. The van der Waals surface area contributed by atoms with Crippen LogP contribution in [0.1, 0.15) is 37.8 Å². The van der Waals surface area contributed by atoms with E-state index in [-0.39, 0.29) is 30.4 Å². The molecule has 4 amide bonds. The van der Waals surface area contributed by atoms with E-state index in [0.717, 1.165) is 38.8 Å². The number of nitrogens with one attached hydrogen (secondary N) is 4. The first-order valence-electron chi connectivity index (χ1n) is 10.6. The number of amides is 4. The Labute approximate surface area is 183 Å². The lowest BCUT2D eigenvalue weighted by molar-refractivity contribution is -0.274. The number of aromatic nitrogens is 1. The van der Waals surface area contributed by atoms with Crippen LogP contribution in [0.5, 0.6) is 5.75 Å². The molecule has 1 aromatic carbocycles. The third-order valence-electron chi connectivity index (χ3n) is 5.09. The molecule has 1 aromatic heterocycles. The van der Waals surface area contributed by atoms with Crippen molar-refractivity contribution in [1.82, 2.24) is 25.8 Å². The van der Waals surface area contributed by atoms with Crippen LogP contribution >= 0.6 is 0 Å². The summed E-state index contributed by atoms with van der Waals surface area (Å²) >= 11 is 0. The number of H-pyrrole nitrogens is 1. The Morgan fingerprint density at radius 3 is 2.50 bits per heavy atom. The number of likely N-dealkylation sites (tertiary alicyclic amines) is 1. The van der Waals surface area contributed by atoms with Gasteiger partial charge >= 0.3 is 18.4 Å². The van der Waals surface area contributed by atoms with Gasteiger partial charge in [-0.05, 0) is 56.4 Å². The molecule has 2 heterocycles. The molecular formula is C21H28F3N5O3. The van der Waals surface area contributed by atoms with Gasteiger partial charge in [0.2, 0.25) is 0 Å². The van der Waals surface area contributed by atoms with Gasteiger partial charge in [-0.25, -0.2) is 9.59 Å². The van der Waals surface area contributed by atoms with E-state index < -0.39 is 6.36 Å². The molecule has 4 N–H and O–H groups in total. The van der Waals surface area contributed by atoms with Crippen LogP contribution in [0.3, 0.4) is 0 Å². The Morgan fingerprint density at radius 1 is 1.16 bits per heavy atom. The Kier molecular flexibility index (Phi) is 7.70. The molecule has 11 heteroatoms. The van der Waals surface area contributed by atoms with Crippen molar-refractivity contribution in [2.75, 3.05) is 20.1 Å². The molecule has 4 rings (SSSR count). The molecule has 8 nitrogen and oxygen atoms in total. The van der Waals surface area contributed by atoms with Gasteiger partial charge in [0.1, 0.15) is 5.75 Å². The highest BCUT2D eigenvalue weighted by Crippen LogP contribution is 2.27. The van der Waals surface area contributed by atoms with Crippen LogP contribution in [0.15, 0.2) is 24.3 Å². The normalized spacial score (nSPS) is 16.1. The molecule has 0 spiro atoms. The molecule has 32 heavy (non-hydrogen) atoms. The second kappa shape index (κ2) is 10.5. The second-order valence-corrected chi connectivity index (χ2v) is 7.80. The Hall–Kier alpha value is -3.11. The Balaban J connectivity index is 0.000000243. The fourth-order valence-corrected chi connectivity index (χ4v) is 3.36. The predicted octanol–water partition coefficient (Wildman–Crippen LogP) is 3.84. The molecule has 1 aliphatic carbocycles. The summed E-state index contributed by atoms with van der Waals surface area (Å²) in [6, 6.07) is 5.81. The maximum atomic E-state index is 12.2. The standard InChI is InChI=1S/C14H14F3N3O2.C7H14N2O/c15-14(16,17)22-11-3-4-12-8(6-11)5-10(19-12)7-18-13(21)20-9-1-2-9;1-8-7(10)9-5-3-2-4-6-9/h3-6,9,19H,1-2,7H2,(H2,18,20,21);2-6H2,1H3,(H,8,10). The summed E-state index contributed by atoms with van der Waals surface area (Å²) in [5.41, 5.74) is 1.37. The first-order valence-corrected chi connectivity index (χ1v) is 10.6. The first-order chi connectivity index (χ1) is 15.2. The number of carbonyl (C=O) groups excluding carboxylic acids is 2. The van der Waals surface area contributed by atoms with E-state index >= 15 is 0 Å². The number of aromatic amines is 1. The van der Waals surface area contributed by atoms with Gasteiger partial charge in [0, 0.05) is 42.8 Å². The molecule has 176 valence electrons. The van der Waals surface area contributed by atoms with Gasteiger partial charge in [-0.2, -0.15) is 0 Å². The molecule has 0 radical (unpaired) electrons. The fraction of sp³-hybridized carbons (Fsp3) is 0.524. The number of hydrogen-bond donors (Lipinski definition) is 4. The van der Waals surface area contributed by atoms with Gasteiger partial charge in [0.05, 0.1) is 6.54 Å². The fourth-order valence-electron chi connectivity index (χ4n) is 3.36. The minimum Gasteiger partial charge on any atom is -0.406 e. The van der Waals surface area contributed by atoms with E-state index in [1.165, 1.54) is 24.6 Å². The van der Waals surface area contributed by atoms with Crippen molar-refractivity contribution in [1.29, 1.82) is 0 Å². The number of hydrogen-bond acceptors (Lipinski definition) is 3. The van der Waals surface area contributed by atoms with E-state index in [1.54, 1.807) is 13.1 Å². The van der Waals surface area contributed by atoms with Crippen LogP contribution in [-0.4, -0.2) is 54.5 Å². The smallest absolute Gasteiger partial charge is 0.406 e. The number of benzene rings is 1. The quantitative estimate of drug-likeness (QED) is 0.564. The van der Waals surface area contributed by atoms with Crippen molar-refractivity contribution in [3.63, 3.8) is 0 Å². The zero-order valence-electron chi connectivity index (χ0n) is 17.8. The zero-order valence-corrected chi connectivity index (χ0v) is 17.8. The summed E-state index contributed by atoms with van der Waals surface area (Å²) in [7, 11) is 1.68. The highest BCUT2D eigenvalue weighted by Gasteiger charge is 2.31. The molecule has 0 bridgehead atoms. The van der Waals surface area contributed by atoms with Crippen LogP contribution in [0.25, 0.3) is 10.9 Å². The minimum absolute atomic E-state index is 0.0692. The van der Waals surface area contributed by atoms with Crippen LogP contribution in [0.4, 0.5) is 22.8 Å². The topological polar surface area (TPSA) is 98.5 Å². The second-order valence-electron chi connectivity index (χ2n) is 7.80.